The number of carbonyl (C=O) groups is 1. The molecule has 0 bridgehead atoms. The van der Waals surface area contributed by atoms with E-state index < -0.39 is 23.0 Å². The van der Waals surface area contributed by atoms with Gasteiger partial charge >= 0.3 is 6.09 Å². The standard InChI is InChI=1S/C10H20N2O4S/c1-10(2,3)16-9(13)11-8-5-4-6-12(7-8)17(14)15/h8H,4-7H2,1-3H3,(H,11,13)(H,14,15)/p-1. The van der Waals surface area contributed by atoms with Crippen LogP contribution in [0.15, 0.2) is 0 Å². The Kier molecular flexibility index (Phi) is 4.91. The predicted molar refractivity (Wildman–Crippen MR) is 62.9 cm³/mol. The molecule has 1 amide bonds. The number of ether oxygens (including phenoxy) is 1. The van der Waals surface area contributed by atoms with Crippen molar-refractivity contribution in [3.05, 3.63) is 0 Å². The van der Waals surface area contributed by atoms with Crippen LogP contribution in [0.5, 0.6) is 0 Å². The van der Waals surface area contributed by atoms with Crippen LogP contribution >= 0.6 is 0 Å². The summed E-state index contributed by atoms with van der Waals surface area (Å²) in [6, 6.07) is -0.170. The van der Waals surface area contributed by atoms with Crippen LogP contribution in [0.1, 0.15) is 33.6 Å². The van der Waals surface area contributed by atoms with Crippen LogP contribution in [0.3, 0.4) is 0 Å². The highest BCUT2D eigenvalue weighted by Crippen LogP contribution is 2.12. The van der Waals surface area contributed by atoms with Gasteiger partial charge in [0, 0.05) is 30.4 Å². The maximum absolute atomic E-state index is 11.5. The molecule has 1 aliphatic rings. The maximum Gasteiger partial charge on any atom is 0.407 e. The summed E-state index contributed by atoms with van der Waals surface area (Å²) in [6.07, 6.45) is 1.02. The maximum atomic E-state index is 11.5. The average Bonchev–Trinajstić information content (AvgIpc) is 2.14. The molecular weight excluding hydrogens is 244 g/mol. The van der Waals surface area contributed by atoms with Crippen molar-refractivity contribution in [3.8, 4) is 0 Å². The summed E-state index contributed by atoms with van der Waals surface area (Å²) >= 11 is -2.22. The van der Waals surface area contributed by atoms with Gasteiger partial charge in [-0.25, -0.2) is 9.10 Å². The van der Waals surface area contributed by atoms with Crippen molar-refractivity contribution in [1.82, 2.24) is 9.62 Å². The molecule has 1 heterocycles. The van der Waals surface area contributed by atoms with Gasteiger partial charge in [-0.1, -0.05) is 0 Å². The number of rotatable bonds is 2. The molecule has 7 heteroatoms. The van der Waals surface area contributed by atoms with Gasteiger partial charge in [-0.2, -0.15) is 0 Å². The fourth-order valence-electron chi connectivity index (χ4n) is 1.67. The molecule has 1 N–H and O–H groups in total. The summed E-state index contributed by atoms with van der Waals surface area (Å²) in [5.74, 6) is 0. The van der Waals surface area contributed by atoms with Gasteiger partial charge in [0.2, 0.25) is 0 Å². The molecule has 1 rings (SSSR count). The molecule has 6 nitrogen and oxygen atoms in total. The highest BCUT2D eigenvalue weighted by molar-refractivity contribution is 7.76. The van der Waals surface area contributed by atoms with E-state index in [0.29, 0.717) is 13.1 Å². The number of piperidine rings is 1. The van der Waals surface area contributed by atoms with Gasteiger partial charge in [0.1, 0.15) is 5.60 Å². The molecule has 100 valence electrons. The molecule has 0 aromatic rings. The molecule has 0 aromatic carbocycles. The first-order chi connectivity index (χ1) is 7.78. The first-order valence-electron chi connectivity index (χ1n) is 5.62. The van der Waals surface area contributed by atoms with E-state index in [9.17, 15) is 13.6 Å². The Hall–Kier alpha value is -0.660. The van der Waals surface area contributed by atoms with Crippen LogP contribution in [0.4, 0.5) is 4.79 Å². The number of amides is 1. The van der Waals surface area contributed by atoms with Crippen molar-refractivity contribution in [2.75, 3.05) is 13.1 Å². The van der Waals surface area contributed by atoms with Gasteiger partial charge < -0.3 is 14.6 Å². The fraction of sp³-hybridized carbons (Fsp3) is 0.900. The number of nitrogens with one attached hydrogen (secondary N) is 1. The topological polar surface area (TPSA) is 81.7 Å². The molecule has 1 saturated heterocycles. The molecule has 0 saturated carbocycles. The van der Waals surface area contributed by atoms with Crippen molar-refractivity contribution in [3.63, 3.8) is 0 Å². The normalized spacial score (nSPS) is 24.1. The first-order valence-corrected chi connectivity index (χ1v) is 6.65. The molecular formula is C10H19N2O4S-. The Labute approximate surface area is 104 Å². The molecule has 17 heavy (non-hydrogen) atoms. The van der Waals surface area contributed by atoms with Crippen molar-refractivity contribution in [2.45, 2.75) is 45.3 Å². The fourth-order valence-corrected chi connectivity index (χ4v) is 2.25. The number of carbonyl (C=O) groups excluding carboxylic acids is 1. The Balaban J connectivity index is 2.41. The van der Waals surface area contributed by atoms with E-state index in [-0.39, 0.29) is 6.04 Å². The van der Waals surface area contributed by atoms with Crippen LogP contribution in [0.25, 0.3) is 0 Å². The molecule has 0 radical (unpaired) electrons. The summed E-state index contributed by atoms with van der Waals surface area (Å²) in [5, 5.41) is 2.68. The molecule has 2 atom stereocenters. The Morgan fingerprint density at radius 3 is 2.71 bits per heavy atom. The third-order valence-corrected chi connectivity index (χ3v) is 3.07. The van der Waals surface area contributed by atoms with E-state index in [4.69, 9.17) is 4.74 Å². The average molecular weight is 263 g/mol. The number of alkyl carbamates (subject to hydrolysis) is 1. The second-order valence-electron chi connectivity index (χ2n) is 5.09. The Bertz CT molecular complexity index is 303. The lowest BCUT2D eigenvalue weighted by molar-refractivity contribution is 0.0487. The Morgan fingerprint density at radius 2 is 2.18 bits per heavy atom. The minimum atomic E-state index is -2.22. The summed E-state index contributed by atoms with van der Waals surface area (Å²) in [5.41, 5.74) is -0.542. The van der Waals surface area contributed by atoms with Gasteiger partial charge in [-0.05, 0) is 33.6 Å². The van der Waals surface area contributed by atoms with E-state index in [1.165, 1.54) is 4.31 Å². The third-order valence-electron chi connectivity index (χ3n) is 2.32. The van der Waals surface area contributed by atoms with Crippen LogP contribution < -0.4 is 5.32 Å². The number of nitrogens with zero attached hydrogens (tertiary/aromatic N) is 1. The van der Waals surface area contributed by atoms with E-state index in [2.05, 4.69) is 5.32 Å². The summed E-state index contributed by atoms with van der Waals surface area (Å²) in [7, 11) is 0. The molecule has 1 fully saturated rings. The summed E-state index contributed by atoms with van der Waals surface area (Å²) in [6.45, 7) is 6.18. The molecule has 0 spiro atoms. The lowest BCUT2D eigenvalue weighted by Gasteiger charge is -2.34. The minimum Gasteiger partial charge on any atom is -0.760 e. The van der Waals surface area contributed by atoms with Gasteiger partial charge in [-0.3, -0.25) is 4.21 Å². The smallest absolute Gasteiger partial charge is 0.407 e. The quantitative estimate of drug-likeness (QED) is 0.746. The second-order valence-corrected chi connectivity index (χ2v) is 6.04. The van der Waals surface area contributed by atoms with Crippen LogP contribution in [0.2, 0.25) is 0 Å². The van der Waals surface area contributed by atoms with Gasteiger partial charge in [0.15, 0.2) is 0 Å². The second kappa shape index (κ2) is 5.79. The summed E-state index contributed by atoms with van der Waals surface area (Å²) < 4.78 is 28.0. The minimum absolute atomic E-state index is 0.170. The van der Waals surface area contributed by atoms with Crippen molar-refractivity contribution in [2.24, 2.45) is 0 Å². The van der Waals surface area contributed by atoms with E-state index >= 15 is 0 Å². The first kappa shape index (κ1) is 14.4. The highest BCUT2D eigenvalue weighted by Gasteiger charge is 2.24. The molecule has 0 aliphatic carbocycles. The monoisotopic (exact) mass is 263 g/mol. The van der Waals surface area contributed by atoms with Crippen LogP contribution in [-0.4, -0.2) is 43.9 Å². The zero-order chi connectivity index (χ0) is 13.1. The number of hydrogen-bond acceptors (Lipinski definition) is 4. The third kappa shape index (κ3) is 5.47. The van der Waals surface area contributed by atoms with Gasteiger partial charge in [-0.15, -0.1) is 0 Å². The molecule has 1 aliphatic heterocycles. The zero-order valence-corrected chi connectivity index (χ0v) is 11.2. The van der Waals surface area contributed by atoms with E-state index in [0.717, 1.165) is 12.8 Å². The number of hydrogen-bond donors (Lipinski definition) is 1. The van der Waals surface area contributed by atoms with Gasteiger partial charge in [0.05, 0.1) is 0 Å². The van der Waals surface area contributed by atoms with Crippen molar-refractivity contribution < 1.29 is 18.3 Å². The largest absolute Gasteiger partial charge is 0.760 e. The predicted octanol–water partition coefficient (Wildman–Crippen LogP) is 0.770. The molecule has 0 aromatic heterocycles. The summed E-state index contributed by atoms with van der Waals surface area (Å²) in [4.78, 5) is 11.5. The van der Waals surface area contributed by atoms with Crippen LogP contribution in [0, 0.1) is 0 Å². The lowest BCUT2D eigenvalue weighted by Crippen LogP contribution is -2.49. The SMILES string of the molecule is CC(C)(C)OC(=O)NC1CCCN(S(=O)[O-])C1. The zero-order valence-electron chi connectivity index (χ0n) is 10.4. The van der Waals surface area contributed by atoms with Crippen molar-refractivity contribution >= 4 is 17.4 Å². The Morgan fingerprint density at radius 1 is 1.53 bits per heavy atom. The highest BCUT2D eigenvalue weighted by atomic mass is 32.2. The van der Waals surface area contributed by atoms with Gasteiger partial charge in [0.25, 0.3) is 0 Å². The van der Waals surface area contributed by atoms with Crippen molar-refractivity contribution in [1.29, 1.82) is 0 Å². The van der Waals surface area contributed by atoms with E-state index in [1.54, 1.807) is 20.8 Å². The van der Waals surface area contributed by atoms with Crippen LogP contribution in [-0.2, 0) is 16.0 Å². The van der Waals surface area contributed by atoms with E-state index in [1.807, 2.05) is 0 Å². The lowest BCUT2D eigenvalue weighted by atomic mass is 10.1. The molecule has 2 unspecified atom stereocenters.